The number of amides is 1. The van der Waals surface area contributed by atoms with Gasteiger partial charge in [0.05, 0.1) is 16.9 Å². The number of aromatic nitrogens is 3. The molecule has 2 aromatic heterocycles. The van der Waals surface area contributed by atoms with Gasteiger partial charge in [0.25, 0.3) is 0 Å². The fourth-order valence-corrected chi connectivity index (χ4v) is 2.49. The number of halogens is 1. The number of carboxylic acids is 1. The number of aryl methyl sites for hydroxylation is 1. The van der Waals surface area contributed by atoms with Crippen molar-refractivity contribution in [1.82, 2.24) is 20.1 Å². The number of ether oxygens (including phenoxy) is 1. The number of alkyl carbamates (subject to hydrolysis) is 1. The van der Waals surface area contributed by atoms with Gasteiger partial charge in [-0.05, 0) is 32.4 Å². The van der Waals surface area contributed by atoms with Crippen molar-refractivity contribution in [2.75, 3.05) is 0 Å². The molecule has 0 saturated heterocycles. The predicted octanol–water partition coefficient (Wildman–Crippen LogP) is 2.66. The van der Waals surface area contributed by atoms with Crippen molar-refractivity contribution in [3.63, 3.8) is 0 Å². The molecule has 0 aliphatic carbocycles. The summed E-state index contributed by atoms with van der Waals surface area (Å²) in [6, 6.07) is 0.435. The number of rotatable bonds is 5. The molecular formula is C17H21ClN4O4. The molecule has 0 radical (unpaired) electrons. The molecule has 2 rings (SSSR count). The molecule has 0 fully saturated rings. The summed E-state index contributed by atoms with van der Waals surface area (Å²) in [6.45, 7) is 5.09. The molecular weight excluding hydrogens is 360 g/mol. The highest BCUT2D eigenvalue weighted by molar-refractivity contribution is 6.30. The first kappa shape index (κ1) is 19.7. The van der Waals surface area contributed by atoms with Gasteiger partial charge < -0.3 is 15.2 Å². The van der Waals surface area contributed by atoms with E-state index in [0.29, 0.717) is 16.3 Å². The van der Waals surface area contributed by atoms with Crippen molar-refractivity contribution in [2.24, 2.45) is 7.05 Å². The molecule has 140 valence electrons. The lowest BCUT2D eigenvalue weighted by Gasteiger charge is -2.22. The first-order valence-electron chi connectivity index (χ1n) is 7.91. The molecule has 0 saturated carbocycles. The number of carbonyl (C=O) groups excluding carboxylic acids is 1. The molecule has 8 nitrogen and oxygen atoms in total. The fraction of sp³-hybridized carbons (Fsp3) is 0.412. The van der Waals surface area contributed by atoms with Gasteiger partial charge in [-0.25, -0.2) is 9.59 Å². The Morgan fingerprint density at radius 3 is 2.62 bits per heavy atom. The van der Waals surface area contributed by atoms with E-state index in [1.807, 2.05) is 0 Å². The Labute approximate surface area is 156 Å². The predicted molar refractivity (Wildman–Crippen MR) is 95.9 cm³/mol. The van der Waals surface area contributed by atoms with Crippen molar-refractivity contribution >= 4 is 23.7 Å². The third-order valence-corrected chi connectivity index (χ3v) is 3.53. The van der Waals surface area contributed by atoms with Gasteiger partial charge in [-0.2, -0.15) is 5.10 Å². The van der Waals surface area contributed by atoms with Crippen molar-refractivity contribution in [3.8, 4) is 11.3 Å². The van der Waals surface area contributed by atoms with Crippen LogP contribution in [0.4, 0.5) is 4.79 Å². The minimum Gasteiger partial charge on any atom is -0.480 e. The maximum Gasteiger partial charge on any atom is 0.408 e. The molecule has 0 aliphatic rings. The second kappa shape index (κ2) is 7.74. The molecule has 0 bridgehead atoms. The zero-order valence-electron chi connectivity index (χ0n) is 15.0. The van der Waals surface area contributed by atoms with Crippen LogP contribution in [0, 0.1) is 0 Å². The van der Waals surface area contributed by atoms with Gasteiger partial charge in [0.1, 0.15) is 11.6 Å². The number of carbonyl (C=O) groups is 2. The zero-order chi connectivity index (χ0) is 19.5. The van der Waals surface area contributed by atoms with Gasteiger partial charge in [-0.15, -0.1) is 0 Å². The second-order valence-electron chi connectivity index (χ2n) is 6.81. The molecule has 2 aromatic rings. The SMILES string of the molecule is Cn1cc(-c2ncc(Cl)cc2C[C@H](NC(=O)OC(C)(C)C)C(=O)O)cn1. The summed E-state index contributed by atoms with van der Waals surface area (Å²) in [7, 11) is 1.77. The van der Waals surface area contributed by atoms with Crippen LogP contribution in [0.15, 0.2) is 24.7 Å². The summed E-state index contributed by atoms with van der Waals surface area (Å²) >= 11 is 6.02. The van der Waals surface area contributed by atoms with Gasteiger partial charge >= 0.3 is 12.1 Å². The topological polar surface area (TPSA) is 106 Å². The number of carboxylic acid groups (broad SMARTS) is 1. The Morgan fingerprint density at radius 1 is 1.38 bits per heavy atom. The summed E-state index contributed by atoms with van der Waals surface area (Å²) in [6.07, 6.45) is 4.05. The van der Waals surface area contributed by atoms with Crippen LogP contribution in [0.1, 0.15) is 26.3 Å². The van der Waals surface area contributed by atoms with E-state index in [2.05, 4.69) is 15.4 Å². The lowest BCUT2D eigenvalue weighted by atomic mass is 10.0. The van der Waals surface area contributed by atoms with E-state index in [-0.39, 0.29) is 6.42 Å². The van der Waals surface area contributed by atoms with E-state index < -0.39 is 23.7 Å². The minimum absolute atomic E-state index is 0.00758. The van der Waals surface area contributed by atoms with Crippen LogP contribution in [0.2, 0.25) is 5.02 Å². The van der Waals surface area contributed by atoms with E-state index >= 15 is 0 Å². The largest absolute Gasteiger partial charge is 0.480 e. The number of hydrogen-bond donors (Lipinski definition) is 2. The maximum atomic E-state index is 11.9. The molecule has 9 heteroatoms. The van der Waals surface area contributed by atoms with Gasteiger partial charge in [0.2, 0.25) is 0 Å². The van der Waals surface area contributed by atoms with Crippen LogP contribution in [-0.2, 0) is 23.0 Å². The highest BCUT2D eigenvalue weighted by Gasteiger charge is 2.25. The number of pyridine rings is 1. The number of aliphatic carboxylic acids is 1. The standard InChI is InChI=1S/C17H21ClN4O4/c1-17(2,3)26-16(25)21-13(15(23)24)6-10-5-12(18)8-19-14(10)11-7-20-22(4)9-11/h5,7-9,13H,6H2,1-4H3,(H,21,25)(H,23,24)/t13-/m0/s1. The average Bonchev–Trinajstić information content (AvgIpc) is 2.91. The van der Waals surface area contributed by atoms with Crippen molar-refractivity contribution in [1.29, 1.82) is 0 Å². The Balaban J connectivity index is 2.27. The normalized spacial score (nSPS) is 12.5. The molecule has 0 unspecified atom stereocenters. The maximum absolute atomic E-state index is 11.9. The van der Waals surface area contributed by atoms with Gasteiger partial charge in [0, 0.05) is 31.4 Å². The van der Waals surface area contributed by atoms with E-state index in [9.17, 15) is 14.7 Å². The first-order valence-corrected chi connectivity index (χ1v) is 8.28. The zero-order valence-corrected chi connectivity index (χ0v) is 15.7. The Morgan fingerprint density at radius 2 is 2.08 bits per heavy atom. The minimum atomic E-state index is -1.19. The lowest BCUT2D eigenvalue weighted by molar-refractivity contribution is -0.139. The van der Waals surface area contributed by atoms with Gasteiger partial charge in [0.15, 0.2) is 0 Å². The highest BCUT2D eigenvalue weighted by atomic mass is 35.5. The average molecular weight is 381 g/mol. The lowest BCUT2D eigenvalue weighted by Crippen LogP contribution is -2.44. The van der Waals surface area contributed by atoms with E-state index in [0.717, 1.165) is 5.56 Å². The van der Waals surface area contributed by atoms with Crippen molar-refractivity contribution in [2.45, 2.75) is 38.8 Å². The van der Waals surface area contributed by atoms with Crippen LogP contribution in [0.25, 0.3) is 11.3 Å². The summed E-state index contributed by atoms with van der Waals surface area (Å²) in [4.78, 5) is 27.8. The van der Waals surface area contributed by atoms with E-state index in [4.69, 9.17) is 16.3 Å². The number of hydrogen-bond acceptors (Lipinski definition) is 5. The molecule has 1 amide bonds. The molecule has 0 aliphatic heterocycles. The van der Waals surface area contributed by atoms with Crippen LogP contribution in [0.5, 0.6) is 0 Å². The summed E-state index contributed by atoms with van der Waals surface area (Å²) in [5.41, 5.74) is 1.13. The van der Waals surface area contributed by atoms with E-state index in [1.54, 1.807) is 51.0 Å². The van der Waals surface area contributed by atoms with Crippen molar-refractivity contribution < 1.29 is 19.4 Å². The summed E-state index contributed by atoms with van der Waals surface area (Å²) in [5.74, 6) is -1.19. The first-order chi connectivity index (χ1) is 12.0. The van der Waals surface area contributed by atoms with Crippen LogP contribution in [-0.4, -0.2) is 43.6 Å². The quantitative estimate of drug-likeness (QED) is 0.825. The highest BCUT2D eigenvalue weighted by Crippen LogP contribution is 2.25. The van der Waals surface area contributed by atoms with Crippen LogP contribution in [0.3, 0.4) is 0 Å². The van der Waals surface area contributed by atoms with E-state index in [1.165, 1.54) is 6.20 Å². The second-order valence-corrected chi connectivity index (χ2v) is 7.24. The Bertz CT molecular complexity index is 813. The molecule has 0 spiro atoms. The molecule has 0 aromatic carbocycles. The van der Waals surface area contributed by atoms with Crippen LogP contribution < -0.4 is 5.32 Å². The van der Waals surface area contributed by atoms with Crippen LogP contribution >= 0.6 is 11.6 Å². The molecule has 1 atom stereocenters. The third kappa shape index (κ3) is 5.45. The monoisotopic (exact) mass is 380 g/mol. The van der Waals surface area contributed by atoms with Gasteiger partial charge in [-0.1, -0.05) is 11.6 Å². The Kier molecular flexibility index (Phi) is 5.86. The van der Waals surface area contributed by atoms with Crippen molar-refractivity contribution in [3.05, 3.63) is 35.2 Å². The number of nitrogens with zero attached hydrogens (tertiary/aromatic N) is 3. The Hall–Kier alpha value is -2.61. The fourth-order valence-electron chi connectivity index (χ4n) is 2.31. The summed E-state index contributed by atoms with van der Waals surface area (Å²) < 4.78 is 6.74. The smallest absolute Gasteiger partial charge is 0.408 e. The summed E-state index contributed by atoms with van der Waals surface area (Å²) in [5, 5.41) is 16.3. The number of nitrogens with one attached hydrogen (secondary N) is 1. The molecule has 2 N–H and O–H groups in total. The third-order valence-electron chi connectivity index (χ3n) is 3.32. The molecule has 2 heterocycles. The van der Waals surface area contributed by atoms with Gasteiger partial charge in [-0.3, -0.25) is 9.67 Å². The molecule has 26 heavy (non-hydrogen) atoms.